The molecule has 146 valence electrons. The maximum absolute atomic E-state index is 13.1. The standard InChI is InChI=1S/C21H24FN5O/c1-14-9-12-27(21(28)25-16-5-3-15(22)4-6-16)13-19(14)26(2)18-8-11-24-20-17(18)7-10-23-20/h3-8,10-11,14,19H,9,12-13H2,1-2H3,(H,23,24)(H,25,28)/t14-,19?/m1/s1. The zero-order valence-electron chi connectivity index (χ0n) is 16.0. The lowest BCUT2D eigenvalue weighted by Crippen LogP contribution is -2.53. The largest absolute Gasteiger partial charge is 0.369 e. The molecular formula is C21H24FN5O. The van der Waals surface area contributed by atoms with E-state index in [9.17, 15) is 9.18 Å². The van der Waals surface area contributed by atoms with Crippen molar-refractivity contribution in [3.05, 3.63) is 54.6 Å². The first-order chi connectivity index (χ1) is 13.5. The molecule has 1 aliphatic heterocycles. The molecule has 1 saturated heterocycles. The number of carbonyl (C=O) groups excluding carboxylic acids is 1. The lowest BCUT2D eigenvalue weighted by atomic mass is 9.92. The number of fused-ring (bicyclic) bond motifs is 1. The monoisotopic (exact) mass is 381 g/mol. The van der Waals surface area contributed by atoms with Crippen molar-refractivity contribution < 1.29 is 9.18 Å². The number of rotatable bonds is 3. The van der Waals surface area contributed by atoms with Gasteiger partial charge in [-0.15, -0.1) is 0 Å². The van der Waals surface area contributed by atoms with E-state index < -0.39 is 0 Å². The predicted molar refractivity (Wildman–Crippen MR) is 109 cm³/mol. The van der Waals surface area contributed by atoms with Gasteiger partial charge in [-0.1, -0.05) is 6.92 Å². The van der Waals surface area contributed by atoms with Gasteiger partial charge in [-0.05, 0) is 48.7 Å². The summed E-state index contributed by atoms with van der Waals surface area (Å²) in [6.45, 7) is 3.55. The minimum absolute atomic E-state index is 0.154. The summed E-state index contributed by atoms with van der Waals surface area (Å²) in [6.07, 6.45) is 4.62. The number of aromatic nitrogens is 2. The van der Waals surface area contributed by atoms with Crippen LogP contribution in [0.25, 0.3) is 11.0 Å². The van der Waals surface area contributed by atoms with E-state index in [1.807, 2.05) is 23.2 Å². The van der Waals surface area contributed by atoms with E-state index in [0.29, 0.717) is 24.7 Å². The maximum atomic E-state index is 13.1. The number of pyridine rings is 1. The second-order valence-corrected chi connectivity index (χ2v) is 7.40. The van der Waals surface area contributed by atoms with Crippen LogP contribution in [0.2, 0.25) is 0 Å². The summed E-state index contributed by atoms with van der Waals surface area (Å²) >= 11 is 0. The van der Waals surface area contributed by atoms with Gasteiger partial charge < -0.3 is 20.1 Å². The highest BCUT2D eigenvalue weighted by Gasteiger charge is 2.32. The molecule has 0 bridgehead atoms. The summed E-state index contributed by atoms with van der Waals surface area (Å²) in [5.74, 6) is 0.127. The summed E-state index contributed by atoms with van der Waals surface area (Å²) in [4.78, 5) is 24.3. The average molecular weight is 381 g/mol. The Morgan fingerprint density at radius 1 is 1.29 bits per heavy atom. The number of H-pyrrole nitrogens is 1. The molecule has 2 aromatic heterocycles. The van der Waals surface area contributed by atoms with Crippen LogP contribution in [-0.2, 0) is 0 Å². The van der Waals surface area contributed by atoms with Crippen LogP contribution in [0.3, 0.4) is 0 Å². The predicted octanol–water partition coefficient (Wildman–Crippen LogP) is 4.08. The van der Waals surface area contributed by atoms with E-state index in [-0.39, 0.29) is 17.9 Å². The first kappa shape index (κ1) is 18.3. The number of benzene rings is 1. The van der Waals surface area contributed by atoms with Crippen molar-refractivity contribution in [2.24, 2.45) is 5.92 Å². The summed E-state index contributed by atoms with van der Waals surface area (Å²) in [5, 5.41) is 3.94. The normalized spacial score (nSPS) is 19.6. The number of likely N-dealkylation sites (tertiary alicyclic amines) is 1. The highest BCUT2D eigenvalue weighted by molar-refractivity contribution is 5.90. The first-order valence-corrected chi connectivity index (χ1v) is 9.49. The zero-order chi connectivity index (χ0) is 19.7. The van der Waals surface area contributed by atoms with Gasteiger partial charge in [0, 0.05) is 55.3 Å². The lowest BCUT2D eigenvalue weighted by Gasteiger charge is -2.42. The second-order valence-electron chi connectivity index (χ2n) is 7.40. The Labute approximate surface area is 163 Å². The Kier molecular flexibility index (Phi) is 4.90. The van der Waals surface area contributed by atoms with Gasteiger partial charge >= 0.3 is 6.03 Å². The van der Waals surface area contributed by atoms with Gasteiger partial charge in [-0.3, -0.25) is 0 Å². The minimum atomic E-state index is -0.320. The van der Waals surface area contributed by atoms with Crippen LogP contribution in [-0.4, -0.2) is 47.1 Å². The average Bonchev–Trinajstić information content (AvgIpc) is 3.18. The molecule has 3 aromatic rings. The number of anilines is 2. The number of likely N-dealkylation sites (N-methyl/N-ethyl adjacent to an activating group) is 1. The van der Waals surface area contributed by atoms with Crippen LogP contribution in [0.1, 0.15) is 13.3 Å². The van der Waals surface area contributed by atoms with Crippen molar-refractivity contribution in [3.8, 4) is 0 Å². The Morgan fingerprint density at radius 2 is 2.07 bits per heavy atom. The van der Waals surface area contributed by atoms with Gasteiger partial charge in [-0.2, -0.15) is 0 Å². The van der Waals surface area contributed by atoms with Gasteiger partial charge in [0.15, 0.2) is 0 Å². The molecule has 1 aliphatic rings. The molecule has 2 amide bonds. The number of nitrogens with zero attached hydrogens (tertiary/aromatic N) is 3. The summed E-state index contributed by atoms with van der Waals surface area (Å²) in [7, 11) is 2.07. The number of carbonyl (C=O) groups is 1. The molecule has 2 N–H and O–H groups in total. The van der Waals surface area contributed by atoms with Crippen molar-refractivity contribution in [2.45, 2.75) is 19.4 Å². The highest BCUT2D eigenvalue weighted by Crippen LogP contribution is 2.30. The topological polar surface area (TPSA) is 64.3 Å². The third-order valence-electron chi connectivity index (χ3n) is 5.62. The van der Waals surface area contributed by atoms with Crippen LogP contribution in [0.4, 0.5) is 20.6 Å². The molecular weight excluding hydrogens is 357 g/mol. The smallest absolute Gasteiger partial charge is 0.321 e. The Morgan fingerprint density at radius 3 is 2.86 bits per heavy atom. The number of amides is 2. The SMILES string of the molecule is C[C@@H]1CCN(C(=O)Nc2ccc(F)cc2)CC1N(C)c1ccnc2[nH]ccc12. The quantitative estimate of drug-likeness (QED) is 0.719. The number of piperidine rings is 1. The molecule has 1 unspecified atom stereocenters. The van der Waals surface area contributed by atoms with E-state index in [0.717, 1.165) is 23.1 Å². The molecule has 28 heavy (non-hydrogen) atoms. The van der Waals surface area contributed by atoms with Crippen molar-refractivity contribution in [2.75, 3.05) is 30.4 Å². The Balaban J connectivity index is 1.50. The van der Waals surface area contributed by atoms with Crippen LogP contribution < -0.4 is 10.2 Å². The molecule has 0 spiro atoms. The molecule has 0 radical (unpaired) electrons. The molecule has 1 fully saturated rings. The van der Waals surface area contributed by atoms with E-state index in [4.69, 9.17) is 0 Å². The number of urea groups is 1. The zero-order valence-corrected chi connectivity index (χ0v) is 16.0. The van der Waals surface area contributed by atoms with Gasteiger partial charge in [0.25, 0.3) is 0 Å². The fourth-order valence-corrected chi connectivity index (χ4v) is 3.91. The molecule has 7 heteroatoms. The highest BCUT2D eigenvalue weighted by atomic mass is 19.1. The molecule has 0 aliphatic carbocycles. The number of hydrogen-bond donors (Lipinski definition) is 2. The fraction of sp³-hybridized carbons (Fsp3) is 0.333. The fourth-order valence-electron chi connectivity index (χ4n) is 3.91. The first-order valence-electron chi connectivity index (χ1n) is 9.49. The Hall–Kier alpha value is -3.09. The van der Waals surface area contributed by atoms with Crippen molar-refractivity contribution in [1.29, 1.82) is 0 Å². The number of hydrogen-bond acceptors (Lipinski definition) is 3. The van der Waals surface area contributed by atoms with Crippen molar-refractivity contribution in [3.63, 3.8) is 0 Å². The van der Waals surface area contributed by atoms with Crippen molar-refractivity contribution >= 4 is 28.4 Å². The van der Waals surface area contributed by atoms with Crippen LogP contribution in [0, 0.1) is 11.7 Å². The van der Waals surface area contributed by atoms with Gasteiger partial charge in [0.05, 0.1) is 0 Å². The summed E-state index contributed by atoms with van der Waals surface area (Å²) in [6, 6.07) is 9.91. The minimum Gasteiger partial charge on any atom is -0.369 e. The van der Waals surface area contributed by atoms with Crippen LogP contribution in [0.15, 0.2) is 48.8 Å². The lowest BCUT2D eigenvalue weighted by molar-refractivity contribution is 0.172. The Bertz CT molecular complexity index is 970. The third-order valence-corrected chi connectivity index (χ3v) is 5.62. The molecule has 3 heterocycles. The van der Waals surface area contributed by atoms with Gasteiger partial charge in [0.1, 0.15) is 11.5 Å². The second kappa shape index (κ2) is 7.50. The number of nitrogens with one attached hydrogen (secondary N) is 2. The maximum Gasteiger partial charge on any atom is 0.321 e. The summed E-state index contributed by atoms with van der Waals surface area (Å²) in [5.41, 5.74) is 2.56. The van der Waals surface area contributed by atoms with Crippen LogP contribution >= 0.6 is 0 Å². The molecule has 1 aromatic carbocycles. The third kappa shape index (κ3) is 3.52. The van der Waals surface area contributed by atoms with Gasteiger partial charge in [-0.25, -0.2) is 14.2 Å². The molecule has 2 atom stereocenters. The van der Waals surface area contributed by atoms with Crippen molar-refractivity contribution in [1.82, 2.24) is 14.9 Å². The molecule has 4 rings (SSSR count). The number of halogens is 1. The van der Waals surface area contributed by atoms with Crippen LogP contribution in [0.5, 0.6) is 0 Å². The molecule has 0 saturated carbocycles. The molecule has 6 nitrogen and oxygen atoms in total. The van der Waals surface area contributed by atoms with E-state index in [1.165, 1.54) is 12.1 Å². The summed E-state index contributed by atoms with van der Waals surface area (Å²) < 4.78 is 13.1. The van der Waals surface area contributed by atoms with Gasteiger partial charge in [0.2, 0.25) is 0 Å². The van der Waals surface area contributed by atoms with E-state index in [1.54, 1.807) is 18.3 Å². The van der Waals surface area contributed by atoms with E-state index in [2.05, 4.69) is 34.2 Å². The van der Waals surface area contributed by atoms with E-state index >= 15 is 0 Å². The number of aromatic amines is 1.